The zero-order valence-corrected chi connectivity index (χ0v) is 22.2. The largest absolute Gasteiger partial charge is 0.472 e. The lowest BCUT2D eigenvalue weighted by atomic mass is 10.2. The third kappa shape index (κ3) is 12.2. The van der Waals surface area contributed by atoms with Gasteiger partial charge in [0.25, 0.3) is 11.1 Å². The van der Waals surface area contributed by atoms with Gasteiger partial charge < -0.3 is 17.9 Å². The summed E-state index contributed by atoms with van der Waals surface area (Å²) >= 11 is 0. The molecule has 3 N–H and O–H groups in total. The summed E-state index contributed by atoms with van der Waals surface area (Å²) < 4.78 is 18.7. The smallest absolute Gasteiger partial charge is 0.282 e. The van der Waals surface area contributed by atoms with Crippen molar-refractivity contribution in [3.8, 4) is 0 Å². The maximum absolute atomic E-state index is 10.9. The van der Waals surface area contributed by atoms with Crippen molar-refractivity contribution in [1.82, 2.24) is 25.5 Å². The van der Waals surface area contributed by atoms with Crippen LogP contribution >= 0.6 is 0 Å². The molecule has 0 fully saturated rings. The predicted octanol–water partition coefficient (Wildman–Crippen LogP) is 3.18. The predicted molar refractivity (Wildman–Crippen MR) is 138 cm³/mol. The highest BCUT2D eigenvalue weighted by molar-refractivity contribution is 5.12. The van der Waals surface area contributed by atoms with Crippen molar-refractivity contribution < 1.29 is 17.9 Å². The van der Waals surface area contributed by atoms with Crippen molar-refractivity contribution in [1.29, 1.82) is 0 Å². The third-order valence-corrected chi connectivity index (χ3v) is 4.28. The molecule has 5 heterocycles. The van der Waals surface area contributed by atoms with Gasteiger partial charge in [-0.3, -0.25) is 24.3 Å². The van der Waals surface area contributed by atoms with Crippen molar-refractivity contribution in [3.05, 3.63) is 124 Å². The van der Waals surface area contributed by atoms with Gasteiger partial charge in [-0.2, -0.15) is 15.4 Å². The molecule has 13 heteroatoms. The van der Waals surface area contributed by atoms with Gasteiger partial charge in [0.1, 0.15) is 29.9 Å². The number of hydrogen-bond donors (Lipinski definition) is 3. The maximum Gasteiger partial charge on any atom is 0.282 e. The molecule has 0 bridgehead atoms. The molecule has 0 spiro atoms. The molecule has 0 aromatic carbocycles. The number of nitrogens with one attached hydrogen (secondary N) is 3. The Morgan fingerprint density at radius 1 is 0.711 bits per heavy atom. The fraction of sp³-hybridized carbons (Fsp3) is 0.280. The van der Waals surface area contributed by atoms with Crippen LogP contribution in [0.3, 0.4) is 0 Å². The molecule has 0 aliphatic rings. The molecule has 0 unspecified atom stereocenters. The van der Waals surface area contributed by atoms with Crippen LogP contribution in [-0.4, -0.2) is 25.5 Å². The normalized spacial score (nSPS) is 9.34. The van der Waals surface area contributed by atoms with Crippen molar-refractivity contribution in [2.45, 2.75) is 48.5 Å². The first kappa shape index (κ1) is 31.1. The first-order chi connectivity index (χ1) is 17.9. The Morgan fingerprint density at radius 3 is 1.63 bits per heavy atom. The summed E-state index contributed by atoms with van der Waals surface area (Å²) in [7, 11) is 0. The molecule has 0 aliphatic heterocycles. The lowest BCUT2D eigenvalue weighted by Gasteiger charge is -1.89. The number of hydrogen-bond acceptors (Lipinski definition) is 10. The SMILES string of the molecule is Cc1cc(=O)[nH]o1.Cc1cc(=O)c(C)co1.Cc1co[nH]c1=O.Cc1cocc(C)c1=O.Cc1ncn[nH]1. The van der Waals surface area contributed by atoms with Crippen LogP contribution in [0.1, 0.15) is 39.6 Å². The van der Waals surface area contributed by atoms with Crippen molar-refractivity contribution >= 4 is 0 Å². The van der Waals surface area contributed by atoms with Gasteiger partial charge in [-0.15, -0.1) is 0 Å². The summed E-state index contributed by atoms with van der Waals surface area (Å²) in [6, 6.07) is 2.87. The number of aromatic amines is 3. The monoisotopic (exact) mass is 529 g/mol. The van der Waals surface area contributed by atoms with Crippen LogP contribution < -0.4 is 22.0 Å². The summed E-state index contributed by atoms with van der Waals surface area (Å²) in [5.41, 5.74) is 2.36. The van der Waals surface area contributed by atoms with Crippen LogP contribution in [0, 0.1) is 48.5 Å². The molecule has 0 saturated carbocycles. The first-order valence-electron chi connectivity index (χ1n) is 11.1. The molecular weight excluding hydrogens is 498 g/mol. The Labute approximate surface area is 216 Å². The van der Waals surface area contributed by atoms with E-state index in [-0.39, 0.29) is 22.0 Å². The minimum Gasteiger partial charge on any atom is -0.472 e. The number of aromatic nitrogens is 5. The van der Waals surface area contributed by atoms with E-state index in [1.165, 1.54) is 43.5 Å². The second kappa shape index (κ2) is 15.9. The van der Waals surface area contributed by atoms with E-state index in [1.807, 2.05) is 6.92 Å². The summed E-state index contributed by atoms with van der Waals surface area (Å²) in [6.07, 6.45) is 7.24. The highest BCUT2D eigenvalue weighted by Crippen LogP contribution is 1.93. The van der Waals surface area contributed by atoms with E-state index in [4.69, 9.17) is 8.83 Å². The number of H-pyrrole nitrogens is 3. The van der Waals surface area contributed by atoms with Gasteiger partial charge >= 0.3 is 0 Å². The van der Waals surface area contributed by atoms with Crippen LogP contribution in [-0.2, 0) is 0 Å². The Hall–Kier alpha value is -4.94. The van der Waals surface area contributed by atoms with Gasteiger partial charge in [0.15, 0.2) is 10.9 Å². The van der Waals surface area contributed by atoms with E-state index in [2.05, 4.69) is 34.5 Å². The quantitative estimate of drug-likeness (QED) is 0.268. The lowest BCUT2D eigenvalue weighted by Crippen LogP contribution is -2.06. The van der Waals surface area contributed by atoms with Crippen LogP contribution in [0.15, 0.2) is 80.6 Å². The average Bonchev–Trinajstić information content (AvgIpc) is 3.60. The zero-order valence-electron chi connectivity index (χ0n) is 22.2. The lowest BCUT2D eigenvalue weighted by molar-refractivity contribution is 0.392. The molecule has 13 nitrogen and oxygen atoms in total. The summed E-state index contributed by atoms with van der Waals surface area (Å²) in [4.78, 5) is 45.8. The number of aryl methyl sites for hydroxylation is 7. The van der Waals surface area contributed by atoms with Gasteiger partial charge in [-0.25, -0.2) is 4.98 Å². The highest BCUT2D eigenvalue weighted by Gasteiger charge is 1.94. The maximum atomic E-state index is 10.9. The molecule has 0 atom stereocenters. The van der Waals surface area contributed by atoms with Crippen molar-refractivity contribution in [3.63, 3.8) is 0 Å². The first-order valence-corrected chi connectivity index (χ1v) is 11.1. The number of nitrogens with zero attached hydrogens (tertiary/aromatic N) is 2. The summed E-state index contributed by atoms with van der Waals surface area (Å²) in [5.74, 6) is 2.13. The van der Waals surface area contributed by atoms with Gasteiger partial charge in [0.2, 0.25) is 0 Å². The van der Waals surface area contributed by atoms with Crippen LogP contribution in [0.4, 0.5) is 0 Å². The fourth-order valence-corrected chi connectivity index (χ4v) is 2.17. The van der Waals surface area contributed by atoms with Gasteiger partial charge in [0, 0.05) is 28.8 Å². The Balaban J connectivity index is 0.000000239. The van der Waals surface area contributed by atoms with E-state index in [0.29, 0.717) is 33.8 Å². The Kier molecular flexibility index (Phi) is 13.0. The number of rotatable bonds is 0. The Morgan fingerprint density at radius 2 is 1.37 bits per heavy atom. The van der Waals surface area contributed by atoms with E-state index in [0.717, 1.165) is 5.82 Å². The molecule has 0 amide bonds. The van der Waals surface area contributed by atoms with E-state index >= 15 is 0 Å². The fourth-order valence-electron chi connectivity index (χ4n) is 2.17. The second-order valence-corrected chi connectivity index (χ2v) is 7.85. The van der Waals surface area contributed by atoms with Crippen LogP contribution in [0.25, 0.3) is 0 Å². The van der Waals surface area contributed by atoms with Crippen LogP contribution in [0.5, 0.6) is 0 Å². The molecule has 5 rings (SSSR count). The topological polar surface area (TPSA) is 194 Å². The van der Waals surface area contributed by atoms with Gasteiger partial charge in [0.05, 0.1) is 24.4 Å². The van der Waals surface area contributed by atoms with E-state index in [9.17, 15) is 19.2 Å². The third-order valence-electron chi connectivity index (χ3n) is 4.28. The Bertz CT molecular complexity index is 1560. The van der Waals surface area contributed by atoms with Gasteiger partial charge in [-0.05, 0) is 48.5 Å². The zero-order chi connectivity index (χ0) is 28.7. The highest BCUT2D eigenvalue weighted by atomic mass is 16.5. The van der Waals surface area contributed by atoms with Crippen molar-refractivity contribution in [2.24, 2.45) is 0 Å². The minimum atomic E-state index is -0.183. The molecule has 0 radical (unpaired) electrons. The van der Waals surface area contributed by atoms with Gasteiger partial charge in [-0.1, -0.05) is 0 Å². The standard InChI is InChI=1S/2C7H8O2.2C4H5NO2.C3H5N3/c1-5-4-9-6(2)3-7(5)8;1-5-3-9-4-6(2)7(5)8;1-3-2-7-5-4(3)6;1-3-2-4(6)5-7-3;1-3-4-2-5-6-3/h2*3-4H,1-2H3;2*2H,1H3,(H,5,6);2H,1H3,(H,4,5,6). The molecule has 5 aromatic heterocycles. The second-order valence-electron chi connectivity index (χ2n) is 7.85. The molecule has 0 saturated heterocycles. The average molecular weight is 530 g/mol. The molecule has 38 heavy (non-hydrogen) atoms. The summed E-state index contributed by atoms with van der Waals surface area (Å²) in [5, 5.41) is 10.5. The minimum absolute atomic E-state index is 0.0405. The molecular formula is C25H31N5O8. The van der Waals surface area contributed by atoms with Crippen LogP contribution in [0.2, 0.25) is 0 Å². The molecule has 204 valence electrons. The molecule has 5 aromatic rings. The molecule has 0 aliphatic carbocycles. The van der Waals surface area contributed by atoms with E-state index < -0.39 is 0 Å². The van der Waals surface area contributed by atoms with Crippen molar-refractivity contribution in [2.75, 3.05) is 0 Å². The summed E-state index contributed by atoms with van der Waals surface area (Å²) in [6.45, 7) is 12.2. The van der Waals surface area contributed by atoms with E-state index in [1.54, 1.807) is 41.5 Å².